The standard InChI is InChI=1S/C19H17N5O/c1-14(19(25)23-18-10-6-5-7-15(18)11-20)22-16-12-21-24(13-16)17-8-3-2-4-9-17/h2-10,12-14,22H,1H3,(H,23,25)/t14-/m0/s1. The number of rotatable bonds is 5. The van der Waals surface area contributed by atoms with E-state index in [2.05, 4.69) is 21.8 Å². The van der Waals surface area contributed by atoms with Gasteiger partial charge in [0.15, 0.2) is 0 Å². The van der Waals surface area contributed by atoms with E-state index in [1.807, 2.05) is 36.5 Å². The van der Waals surface area contributed by atoms with Gasteiger partial charge in [0.1, 0.15) is 12.1 Å². The second kappa shape index (κ2) is 7.32. The third kappa shape index (κ3) is 3.85. The molecule has 0 aliphatic heterocycles. The van der Waals surface area contributed by atoms with Gasteiger partial charge in [-0.2, -0.15) is 10.4 Å². The van der Waals surface area contributed by atoms with E-state index in [0.29, 0.717) is 11.3 Å². The van der Waals surface area contributed by atoms with E-state index in [1.54, 1.807) is 42.1 Å². The van der Waals surface area contributed by atoms with Crippen molar-refractivity contribution in [3.63, 3.8) is 0 Å². The van der Waals surface area contributed by atoms with Gasteiger partial charge in [-0.05, 0) is 31.2 Å². The van der Waals surface area contributed by atoms with E-state index in [0.717, 1.165) is 11.4 Å². The first-order valence-corrected chi connectivity index (χ1v) is 7.84. The average Bonchev–Trinajstić information content (AvgIpc) is 3.11. The third-order valence-corrected chi connectivity index (χ3v) is 3.69. The van der Waals surface area contributed by atoms with Gasteiger partial charge in [-0.15, -0.1) is 0 Å². The molecule has 0 unspecified atom stereocenters. The summed E-state index contributed by atoms with van der Waals surface area (Å²) in [5, 5.41) is 19.3. The highest BCUT2D eigenvalue weighted by Crippen LogP contribution is 2.15. The summed E-state index contributed by atoms with van der Waals surface area (Å²) in [7, 11) is 0. The lowest BCUT2D eigenvalue weighted by molar-refractivity contribution is -0.116. The normalized spacial score (nSPS) is 11.4. The van der Waals surface area contributed by atoms with Crippen LogP contribution in [0, 0.1) is 11.3 Å². The predicted molar refractivity (Wildman–Crippen MR) is 96.4 cm³/mol. The van der Waals surface area contributed by atoms with E-state index in [1.165, 1.54) is 0 Å². The van der Waals surface area contributed by atoms with E-state index >= 15 is 0 Å². The molecule has 0 radical (unpaired) electrons. The maximum absolute atomic E-state index is 12.4. The number of nitriles is 1. The SMILES string of the molecule is C[C@H](Nc1cnn(-c2ccccc2)c1)C(=O)Nc1ccccc1C#N. The largest absolute Gasteiger partial charge is 0.371 e. The minimum atomic E-state index is -0.486. The summed E-state index contributed by atoms with van der Waals surface area (Å²) in [5.41, 5.74) is 2.61. The zero-order valence-corrected chi connectivity index (χ0v) is 13.7. The molecule has 3 rings (SSSR count). The zero-order valence-electron chi connectivity index (χ0n) is 13.7. The quantitative estimate of drug-likeness (QED) is 0.752. The Kier molecular flexibility index (Phi) is 4.77. The number of carbonyl (C=O) groups excluding carboxylic acids is 1. The van der Waals surface area contributed by atoms with E-state index < -0.39 is 6.04 Å². The topological polar surface area (TPSA) is 82.7 Å². The number of benzene rings is 2. The summed E-state index contributed by atoms with van der Waals surface area (Å²) in [5.74, 6) is -0.227. The molecule has 124 valence electrons. The molecule has 0 aliphatic rings. The van der Waals surface area contributed by atoms with Gasteiger partial charge < -0.3 is 10.6 Å². The first kappa shape index (κ1) is 16.3. The molecule has 0 aliphatic carbocycles. The van der Waals surface area contributed by atoms with Crippen molar-refractivity contribution in [3.8, 4) is 11.8 Å². The second-order valence-corrected chi connectivity index (χ2v) is 5.52. The van der Waals surface area contributed by atoms with Gasteiger partial charge in [0.05, 0.1) is 35.0 Å². The highest BCUT2D eigenvalue weighted by atomic mass is 16.2. The van der Waals surface area contributed by atoms with Gasteiger partial charge in [-0.1, -0.05) is 30.3 Å². The molecular weight excluding hydrogens is 314 g/mol. The molecule has 1 amide bonds. The van der Waals surface area contributed by atoms with Crippen LogP contribution in [0.25, 0.3) is 5.69 Å². The Bertz CT molecular complexity index is 911. The highest BCUT2D eigenvalue weighted by molar-refractivity contribution is 5.97. The molecule has 3 aromatic rings. The van der Waals surface area contributed by atoms with Gasteiger partial charge in [-0.3, -0.25) is 4.79 Å². The fourth-order valence-electron chi connectivity index (χ4n) is 2.37. The molecule has 0 saturated heterocycles. The summed E-state index contributed by atoms with van der Waals surface area (Å²) in [6, 6.07) is 18.2. The average molecular weight is 331 g/mol. The molecule has 1 heterocycles. The Morgan fingerprint density at radius 3 is 2.64 bits per heavy atom. The minimum Gasteiger partial charge on any atom is -0.371 e. The number of para-hydroxylation sites is 2. The molecule has 0 bridgehead atoms. The van der Waals surface area contributed by atoms with Gasteiger partial charge in [0, 0.05) is 0 Å². The fourth-order valence-corrected chi connectivity index (χ4v) is 2.37. The lowest BCUT2D eigenvalue weighted by Crippen LogP contribution is -2.32. The van der Waals surface area contributed by atoms with Crippen LogP contribution >= 0.6 is 0 Å². The Balaban J connectivity index is 1.66. The van der Waals surface area contributed by atoms with Crippen molar-refractivity contribution in [3.05, 3.63) is 72.6 Å². The molecule has 6 heteroatoms. The number of amides is 1. The Morgan fingerprint density at radius 2 is 1.88 bits per heavy atom. The van der Waals surface area contributed by atoms with Crippen LogP contribution in [-0.4, -0.2) is 21.7 Å². The van der Waals surface area contributed by atoms with Crippen LogP contribution in [0.4, 0.5) is 11.4 Å². The second-order valence-electron chi connectivity index (χ2n) is 5.52. The third-order valence-electron chi connectivity index (χ3n) is 3.69. The van der Waals surface area contributed by atoms with Crippen molar-refractivity contribution >= 4 is 17.3 Å². The van der Waals surface area contributed by atoms with Crippen molar-refractivity contribution in [2.75, 3.05) is 10.6 Å². The molecule has 2 N–H and O–H groups in total. The molecule has 0 fully saturated rings. The molecule has 1 aromatic heterocycles. The highest BCUT2D eigenvalue weighted by Gasteiger charge is 2.15. The van der Waals surface area contributed by atoms with Crippen molar-refractivity contribution < 1.29 is 4.79 Å². The van der Waals surface area contributed by atoms with Crippen LogP contribution in [-0.2, 0) is 4.79 Å². The van der Waals surface area contributed by atoms with Crippen LogP contribution in [0.2, 0.25) is 0 Å². The van der Waals surface area contributed by atoms with Crippen LogP contribution in [0.15, 0.2) is 67.0 Å². The number of nitrogens with one attached hydrogen (secondary N) is 2. The maximum atomic E-state index is 12.4. The fraction of sp³-hybridized carbons (Fsp3) is 0.105. The molecule has 0 saturated carbocycles. The molecule has 1 atom stereocenters. The number of hydrogen-bond donors (Lipinski definition) is 2. The monoisotopic (exact) mass is 331 g/mol. The number of hydrogen-bond acceptors (Lipinski definition) is 4. The molecular formula is C19H17N5O. The van der Waals surface area contributed by atoms with Crippen LogP contribution in [0.3, 0.4) is 0 Å². The lowest BCUT2D eigenvalue weighted by Gasteiger charge is -2.14. The van der Waals surface area contributed by atoms with Crippen molar-refractivity contribution in [1.29, 1.82) is 5.26 Å². The van der Waals surface area contributed by atoms with Crippen molar-refractivity contribution in [2.24, 2.45) is 0 Å². The van der Waals surface area contributed by atoms with E-state index in [9.17, 15) is 4.79 Å². The van der Waals surface area contributed by atoms with Crippen LogP contribution in [0.1, 0.15) is 12.5 Å². The molecule has 25 heavy (non-hydrogen) atoms. The Hall–Kier alpha value is -3.59. The van der Waals surface area contributed by atoms with Gasteiger partial charge >= 0.3 is 0 Å². The van der Waals surface area contributed by atoms with E-state index in [-0.39, 0.29) is 5.91 Å². The molecule has 2 aromatic carbocycles. The van der Waals surface area contributed by atoms with Crippen LogP contribution < -0.4 is 10.6 Å². The number of aromatic nitrogens is 2. The summed E-state index contributed by atoms with van der Waals surface area (Å²) in [4.78, 5) is 12.4. The van der Waals surface area contributed by atoms with Gasteiger partial charge in [0.2, 0.25) is 5.91 Å². The Morgan fingerprint density at radius 1 is 1.16 bits per heavy atom. The summed E-state index contributed by atoms with van der Waals surface area (Å²) < 4.78 is 1.73. The summed E-state index contributed by atoms with van der Waals surface area (Å²) >= 11 is 0. The predicted octanol–water partition coefficient (Wildman–Crippen LogP) is 3.18. The van der Waals surface area contributed by atoms with Gasteiger partial charge in [0.25, 0.3) is 0 Å². The zero-order chi connectivity index (χ0) is 17.6. The first-order valence-electron chi connectivity index (χ1n) is 7.84. The number of carbonyl (C=O) groups is 1. The lowest BCUT2D eigenvalue weighted by atomic mass is 10.2. The number of nitrogens with zero attached hydrogens (tertiary/aromatic N) is 3. The van der Waals surface area contributed by atoms with E-state index in [4.69, 9.17) is 5.26 Å². The number of anilines is 2. The van der Waals surface area contributed by atoms with Crippen molar-refractivity contribution in [1.82, 2.24) is 9.78 Å². The molecule has 0 spiro atoms. The minimum absolute atomic E-state index is 0.227. The molecule has 6 nitrogen and oxygen atoms in total. The van der Waals surface area contributed by atoms with Crippen LogP contribution in [0.5, 0.6) is 0 Å². The van der Waals surface area contributed by atoms with Crippen molar-refractivity contribution in [2.45, 2.75) is 13.0 Å². The Labute approximate surface area is 145 Å². The summed E-state index contributed by atoms with van der Waals surface area (Å²) in [6.07, 6.45) is 3.49. The first-order chi connectivity index (χ1) is 12.2. The van der Waals surface area contributed by atoms with Gasteiger partial charge in [-0.25, -0.2) is 4.68 Å². The summed E-state index contributed by atoms with van der Waals surface area (Å²) in [6.45, 7) is 1.75. The maximum Gasteiger partial charge on any atom is 0.246 e. The smallest absolute Gasteiger partial charge is 0.246 e.